The van der Waals surface area contributed by atoms with E-state index < -0.39 is 17.6 Å². The zero-order valence-corrected chi connectivity index (χ0v) is 17.2. The van der Waals surface area contributed by atoms with E-state index >= 15 is 0 Å². The molecule has 27 heavy (non-hydrogen) atoms. The highest BCUT2D eigenvalue weighted by atomic mass is 35.5. The van der Waals surface area contributed by atoms with Crippen molar-refractivity contribution < 1.29 is 14.0 Å². The second kappa shape index (κ2) is 11.2. The standard InChI is InChI=1S/C18H30N4O4.ClH/c1-13(2)11-15(21(12-23)14-7-5-4-6-8-14)16(24)17-20-22(10-9-19-3)18(25)26-17;/h12-15,19H,4-11H2,1-3H3;1H/t15-;/m0./s1. The Morgan fingerprint density at radius 1 is 1.37 bits per heavy atom. The lowest BCUT2D eigenvalue weighted by molar-refractivity contribution is -0.122. The molecule has 0 radical (unpaired) electrons. The van der Waals surface area contributed by atoms with Crippen molar-refractivity contribution in [1.82, 2.24) is 20.0 Å². The van der Waals surface area contributed by atoms with Crippen molar-refractivity contribution in [3.05, 3.63) is 16.4 Å². The van der Waals surface area contributed by atoms with Crippen LogP contribution in [0.5, 0.6) is 0 Å². The van der Waals surface area contributed by atoms with Gasteiger partial charge in [-0.2, -0.15) is 4.68 Å². The molecule has 1 aromatic heterocycles. The maximum atomic E-state index is 13.0. The molecule has 0 saturated heterocycles. The van der Waals surface area contributed by atoms with Crippen molar-refractivity contribution in [2.75, 3.05) is 13.6 Å². The molecular formula is C18H31ClN4O4. The predicted molar refractivity (Wildman–Crippen MR) is 104 cm³/mol. The minimum absolute atomic E-state index is 0. The minimum atomic E-state index is -0.651. The van der Waals surface area contributed by atoms with Gasteiger partial charge in [-0.15, -0.1) is 17.5 Å². The number of Topliss-reactive ketones (excluding diaryl/α,β-unsaturated/α-hetero) is 1. The lowest BCUT2D eigenvalue weighted by atomic mass is 9.91. The summed E-state index contributed by atoms with van der Waals surface area (Å²) in [6.07, 6.45) is 6.38. The van der Waals surface area contributed by atoms with Gasteiger partial charge in [0.1, 0.15) is 6.04 Å². The lowest BCUT2D eigenvalue weighted by Gasteiger charge is -2.36. The highest BCUT2D eigenvalue weighted by Crippen LogP contribution is 2.26. The molecule has 1 amide bonds. The van der Waals surface area contributed by atoms with Crippen molar-refractivity contribution in [2.45, 2.75) is 71.0 Å². The number of likely N-dealkylation sites (N-methyl/N-ethyl adjacent to an activating group) is 1. The molecule has 1 saturated carbocycles. The van der Waals surface area contributed by atoms with E-state index in [0.29, 0.717) is 19.5 Å². The molecule has 1 aliphatic carbocycles. The largest absolute Gasteiger partial charge is 0.437 e. The average Bonchev–Trinajstić information content (AvgIpc) is 3.00. The Morgan fingerprint density at radius 2 is 2.04 bits per heavy atom. The van der Waals surface area contributed by atoms with Crippen molar-refractivity contribution in [2.24, 2.45) is 5.92 Å². The van der Waals surface area contributed by atoms with Crippen molar-refractivity contribution in [3.8, 4) is 0 Å². The van der Waals surface area contributed by atoms with Gasteiger partial charge in [0, 0.05) is 12.6 Å². The molecule has 0 aromatic carbocycles. The molecule has 1 atom stereocenters. The molecule has 2 rings (SSSR count). The smallest absolute Gasteiger partial charge is 0.384 e. The number of aromatic nitrogens is 2. The molecule has 0 aliphatic heterocycles. The first-order chi connectivity index (χ1) is 12.5. The van der Waals surface area contributed by atoms with Gasteiger partial charge in [0.2, 0.25) is 12.2 Å². The first-order valence-corrected chi connectivity index (χ1v) is 9.47. The Balaban J connectivity index is 0.00000364. The number of hydrogen-bond donors (Lipinski definition) is 1. The summed E-state index contributed by atoms with van der Waals surface area (Å²) in [5.41, 5.74) is 0. The van der Waals surface area contributed by atoms with Crippen LogP contribution in [0.1, 0.15) is 63.1 Å². The van der Waals surface area contributed by atoms with Gasteiger partial charge < -0.3 is 14.6 Å². The number of amides is 1. The first-order valence-electron chi connectivity index (χ1n) is 9.47. The number of nitrogens with zero attached hydrogens (tertiary/aromatic N) is 3. The molecule has 154 valence electrons. The van der Waals surface area contributed by atoms with Crippen LogP contribution in [0.25, 0.3) is 0 Å². The zero-order valence-electron chi connectivity index (χ0n) is 16.3. The molecule has 1 aliphatic rings. The van der Waals surface area contributed by atoms with E-state index in [2.05, 4.69) is 10.4 Å². The maximum Gasteiger partial charge on any atom is 0.437 e. The summed E-state index contributed by atoms with van der Waals surface area (Å²) >= 11 is 0. The highest BCUT2D eigenvalue weighted by Gasteiger charge is 2.35. The second-order valence-corrected chi connectivity index (χ2v) is 7.35. The third-order valence-corrected chi connectivity index (χ3v) is 4.87. The van der Waals surface area contributed by atoms with Crippen LogP contribution >= 0.6 is 12.4 Å². The van der Waals surface area contributed by atoms with Gasteiger partial charge >= 0.3 is 5.76 Å². The normalized spacial score (nSPS) is 16.0. The Hall–Kier alpha value is -1.67. The van der Waals surface area contributed by atoms with Gasteiger partial charge in [0.15, 0.2) is 0 Å². The van der Waals surface area contributed by atoms with Crippen LogP contribution in [0.4, 0.5) is 0 Å². The van der Waals surface area contributed by atoms with Crippen LogP contribution < -0.4 is 11.1 Å². The van der Waals surface area contributed by atoms with E-state index in [1.54, 1.807) is 11.9 Å². The lowest BCUT2D eigenvalue weighted by Crippen LogP contribution is -2.48. The first kappa shape index (κ1) is 23.4. The predicted octanol–water partition coefficient (Wildman–Crippen LogP) is 1.87. The van der Waals surface area contributed by atoms with Crippen LogP contribution in [-0.4, -0.2) is 52.5 Å². The molecule has 0 bridgehead atoms. The number of rotatable bonds is 10. The molecule has 9 heteroatoms. The van der Waals surface area contributed by atoms with Crippen molar-refractivity contribution >= 4 is 24.6 Å². The Morgan fingerprint density at radius 3 is 2.59 bits per heavy atom. The van der Waals surface area contributed by atoms with E-state index in [1.165, 1.54) is 0 Å². The number of carbonyl (C=O) groups excluding carboxylic acids is 2. The van der Waals surface area contributed by atoms with Gasteiger partial charge in [-0.1, -0.05) is 33.1 Å². The van der Waals surface area contributed by atoms with Crippen LogP contribution in [-0.2, 0) is 11.3 Å². The number of hydrogen-bond acceptors (Lipinski definition) is 6. The summed E-state index contributed by atoms with van der Waals surface area (Å²) in [5.74, 6) is -1.04. The number of carbonyl (C=O) groups is 2. The molecule has 1 heterocycles. The molecule has 1 fully saturated rings. The summed E-state index contributed by atoms with van der Waals surface area (Å²) in [4.78, 5) is 38.4. The topological polar surface area (TPSA) is 97.4 Å². The Labute approximate surface area is 166 Å². The zero-order chi connectivity index (χ0) is 19.1. The quantitative estimate of drug-likeness (QED) is 0.474. The minimum Gasteiger partial charge on any atom is -0.384 e. The SMILES string of the molecule is CNCCn1nc(C(=O)[C@H](CC(C)C)N(C=O)C2CCCCC2)oc1=O.Cl. The van der Waals surface area contributed by atoms with Gasteiger partial charge in [-0.3, -0.25) is 9.59 Å². The molecule has 0 spiro atoms. The van der Waals surface area contributed by atoms with Gasteiger partial charge in [0.05, 0.1) is 6.54 Å². The second-order valence-electron chi connectivity index (χ2n) is 7.35. The third kappa shape index (κ3) is 6.17. The van der Waals surface area contributed by atoms with E-state index in [9.17, 15) is 14.4 Å². The summed E-state index contributed by atoms with van der Waals surface area (Å²) in [6, 6.07) is -0.585. The summed E-state index contributed by atoms with van der Waals surface area (Å²) in [7, 11) is 1.77. The average molecular weight is 403 g/mol. The van der Waals surface area contributed by atoms with Gasteiger partial charge in [-0.25, -0.2) is 4.79 Å². The number of ketones is 1. The Bertz CT molecular complexity index is 652. The van der Waals surface area contributed by atoms with E-state index in [1.807, 2.05) is 13.8 Å². The summed E-state index contributed by atoms with van der Waals surface area (Å²) < 4.78 is 6.24. The van der Waals surface area contributed by atoms with E-state index in [4.69, 9.17) is 4.42 Å². The highest BCUT2D eigenvalue weighted by molar-refractivity contribution is 5.97. The summed E-state index contributed by atoms with van der Waals surface area (Å²) in [5, 5.41) is 6.96. The van der Waals surface area contributed by atoms with Gasteiger partial charge in [-0.05, 0) is 32.2 Å². The van der Waals surface area contributed by atoms with Gasteiger partial charge in [0.25, 0.3) is 5.89 Å². The van der Waals surface area contributed by atoms with Crippen LogP contribution in [0.15, 0.2) is 9.21 Å². The Kier molecular flexibility index (Phi) is 9.73. The molecule has 0 unspecified atom stereocenters. The van der Waals surface area contributed by atoms with Crippen LogP contribution in [0.3, 0.4) is 0 Å². The van der Waals surface area contributed by atoms with E-state index in [-0.39, 0.29) is 30.3 Å². The van der Waals surface area contributed by atoms with Crippen LogP contribution in [0, 0.1) is 5.92 Å². The molecule has 1 aromatic rings. The molecule has 1 N–H and O–H groups in total. The van der Waals surface area contributed by atoms with Crippen LogP contribution in [0.2, 0.25) is 0 Å². The summed E-state index contributed by atoms with van der Waals surface area (Å²) in [6.45, 7) is 4.87. The fourth-order valence-electron chi connectivity index (χ4n) is 3.51. The monoisotopic (exact) mass is 402 g/mol. The van der Waals surface area contributed by atoms with Crippen molar-refractivity contribution in [3.63, 3.8) is 0 Å². The fourth-order valence-corrected chi connectivity index (χ4v) is 3.51. The molecule has 8 nitrogen and oxygen atoms in total. The third-order valence-electron chi connectivity index (χ3n) is 4.87. The number of nitrogens with one attached hydrogen (secondary N) is 1. The molecular weight excluding hydrogens is 372 g/mol. The maximum absolute atomic E-state index is 13.0. The fraction of sp³-hybridized carbons (Fsp3) is 0.778. The van der Waals surface area contributed by atoms with E-state index in [0.717, 1.165) is 43.2 Å². The van der Waals surface area contributed by atoms with Crippen molar-refractivity contribution in [1.29, 1.82) is 0 Å². The number of halogens is 1.